The van der Waals surface area contributed by atoms with Gasteiger partial charge in [0, 0.05) is 12.8 Å². The van der Waals surface area contributed by atoms with E-state index in [-0.39, 0.29) is 6.10 Å². The Morgan fingerprint density at radius 3 is 2.73 bits per heavy atom. The van der Waals surface area contributed by atoms with E-state index < -0.39 is 0 Å². The van der Waals surface area contributed by atoms with Gasteiger partial charge in [0.25, 0.3) is 0 Å². The van der Waals surface area contributed by atoms with E-state index in [9.17, 15) is 0 Å². The number of anilines is 1. The summed E-state index contributed by atoms with van der Waals surface area (Å²) in [4.78, 5) is 0. The summed E-state index contributed by atoms with van der Waals surface area (Å²) >= 11 is 0. The first kappa shape index (κ1) is 12.0. The minimum absolute atomic E-state index is 0.151. The lowest BCUT2D eigenvalue weighted by atomic mass is 10.1. The van der Waals surface area contributed by atoms with Crippen molar-refractivity contribution in [2.45, 2.75) is 19.4 Å². The number of ether oxygens (including phenoxy) is 2. The van der Waals surface area contributed by atoms with E-state index in [1.54, 1.807) is 7.11 Å². The zero-order valence-electron chi connectivity index (χ0n) is 9.40. The number of nitrogens with two attached hydrogens (primary N) is 1. The van der Waals surface area contributed by atoms with Crippen LogP contribution in [0.1, 0.15) is 12.5 Å². The van der Waals surface area contributed by atoms with Crippen LogP contribution in [-0.2, 0) is 15.9 Å². The molecule has 1 aromatic rings. The second kappa shape index (κ2) is 6.43. The number of hydrogen-bond donors (Lipinski definition) is 1. The average Bonchev–Trinajstić information content (AvgIpc) is 2.26. The smallest absolute Gasteiger partial charge is 0.0776 e. The molecular weight excluding hydrogens is 190 g/mol. The quantitative estimate of drug-likeness (QED) is 0.574. The normalized spacial score (nSPS) is 12.7. The predicted molar refractivity (Wildman–Crippen MR) is 61.8 cm³/mol. The summed E-state index contributed by atoms with van der Waals surface area (Å²) in [5.41, 5.74) is 7.78. The fourth-order valence-corrected chi connectivity index (χ4v) is 1.26. The fourth-order valence-electron chi connectivity index (χ4n) is 1.26. The first-order chi connectivity index (χ1) is 7.24. The average molecular weight is 209 g/mol. The van der Waals surface area contributed by atoms with Gasteiger partial charge in [0.1, 0.15) is 0 Å². The predicted octanol–water partition coefficient (Wildman–Crippen LogP) is 1.86. The Kier molecular flexibility index (Phi) is 5.15. The molecule has 0 amide bonds. The summed E-state index contributed by atoms with van der Waals surface area (Å²) in [6, 6.07) is 7.86. The third-order valence-corrected chi connectivity index (χ3v) is 2.33. The molecule has 3 heteroatoms. The van der Waals surface area contributed by atoms with Crippen LogP contribution in [0.15, 0.2) is 24.3 Å². The molecule has 0 saturated carbocycles. The van der Waals surface area contributed by atoms with Gasteiger partial charge in [0.2, 0.25) is 0 Å². The molecule has 1 aromatic carbocycles. The van der Waals surface area contributed by atoms with Crippen LogP contribution >= 0.6 is 0 Å². The maximum absolute atomic E-state index is 5.81. The topological polar surface area (TPSA) is 44.5 Å². The van der Waals surface area contributed by atoms with Crippen molar-refractivity contribution < 1.29 is 9.47 Å². The van der Waals surface area contributed by atoms with Crippen LogP contribution in [0.3, 0.4) is 0 Å². The van der Waals surface area contributed by atoms with E-state index >= 15 is 0 Å². The van der Waals surface area contributed by atoms with Crippen molar-refractivity contribution in [1.82, 2.24) is 0 Å². The number of nitrogen functional groups attached to an aromatic ring is 1. The van der Waals surface area contributed by atoms with Crippen molar-refractivity contribution in [2.24, 2.45) is 0 Å². The minimum Gasteiger partial charge on any atom is -0.399 e. The molecule has 1 unspecified atom stereocenters. The summed E-state index contributed by atoms with van der Waals surface area (Å²) < 4.78 is 10.5. The summed E-state index contributed by atoms with van der Waals surface area (Å²) in [5.74, 6) is 0. The van der Waals surface area contributed by atoms with Crippen molar-refractivity contribution in [1.29, 1.82) is 0 Å². The van der Waals surface area contributed by atoms with Gasteiger partial charge in [-0.2, -0.15) is 0 Å². The summed E-state index contributed by atoms with van der Waals surface area (Å²) in [5, 5.41) is 0. The van der Waals surface area contributed by atoms with Gasteiger partial charge in [-0.3, -0.25) is 0 Å². The van der Waals surface area contributed by atoms with E-state index in [1.165, 1.54) is 0 Å². The maximum atomic E-state index is 5.81. The third-order valence-electron chi connectivity index (χ3n) is 2.33. The molecule has 0 aliphatic carbocycles. The third kappa shape index (κ3) is 4.32. The van der Waals surface area contributed by atoms with Crippen LogP contribution in [0, 0.1) is 0 Å². The lowest BCUT2D eigenvalue weighted by molar-refractivity contribution is 0.0197. The van der Waals surface area contributed by atoms with Gasteiger partial charge in [0.15, 0.2) is 0 Å². The molecule has 0 spiro atoms. The van der Waals surface area contributed by atoms with Crippen LogP contribution in [0.2, 0.25) is 0 Å². The van der Waals surface area contributed by atoms with Crippen molar-refractivity contribution >= 4 is 5.69 Å². The van der Waals surface area contributed by atoms with Gasteiger partial charge in [-0.05, 0) is 25.0 Å². The number of para-hydroxylation sites is 1. The molecule has 0 radical (unpaired) electrons. The summed E-state index contributed by atoms with van der Waals surface area (Å²) in [6.45, 7) is 3.29. The number of rotatable bonds is 6. The molecule has 0 aliphatic heterocycles. The zero-order chi connectivity index (χ0) is 11.1. The molecule has 1 atom stereocenters. The Bertz CT molecular complexity index is 289. The highest BCUT2D eigenvalue weighted by Gasteiger charge is 2.00. The fraction of sp³-hybridized carbons (Fsp3) is 0.500. The molecule has 84 valence electrons. The van der Waals surface area contributed by atoms with E-state index in [0.717, 1.165) is 17.7 Å². The van der Waals surface area contributed by atoms with E-state index in [1.807, 2.05) is 31.2 Å². The number of benzene rings is 1. The van der Waals surface area contributed by atoms with Gasteiger partial charge >= 0.3 is 0 Å². The van der Waals surface area contributed by atoms with Crippen LogP contribution < -0.4 is 5.73 Å². The van der Waals surface area contributed by atoms with Gasteiger partial charge in [-0.1, -0.05) is 18.2 Å². The molecule has 0 heterocycles. The largest absolute Gasteiger partial charge is 0.399 e. The molecule has 1 rings (SSSR count). The molecule has 0 aromatic heterocycles. The second-order valence-electron chi connectivity index (χ2n) is 3.57. The van der Waals surface area contributed by atoms with Crippen LogP contribution in [0.25, 0.3) is 0 Å². The highest BCUT2D eigenvalue weighted by molar-refractivity contribution is 5.46. The van der Waals surface area contributed by atoms with Gasteiger partial charge < -0.3 is 15.2 Å². The molecule has 0 bridgehead atoms. The maximum Gasteiger partial charge on any atom is 0.0776 e. The Morgan fingerprint density at radius 2 is 2.07 bits per heavy atom. The first-order valence-electron chi connectivity index (χ1n) is 5.18. The molecule has 0 aliphatic rings. The summed E-state index contributed by atoms with van der Waals surface area (Å²) in [6.07, 6.45) is 1.00. The lowest BCUT2D eigenvalue weighted by Crippen LogP contribution is -2.15. The molecule has 3 nitrogen and oxygen atoms in total. The van der Waals surface area contributed by atoms with Gasteiger partial charge in [-0.25, -0.2) is 0 Å². The highest BCUT2D eigenvalue weighted by atomic mass is 16.5. The first-order valence-corrected chi connectivity index (χ1v) is 5.18. The van der Waals surface area contributed by atoms with Crippen molar-refractivity contribution in [3.63, 3.8) is 0 Å². The Morgan fingerprint density at radius 1 is 1.33 bits per heavy atom. The van der Waals surface area contributed by atoms with Crippen LogP contribution in [-0.4, -0.2) is 26.4 Å². The SMILES string of the molecule is COC(C)COCCc1ccccc1N. The van der Waals surface area contributed by atoms with E-state index in [4.69, 9.17) is 15.2 Å². The standard InChI is InChI=1S/C12H19NO2/c1-10(14-2)9-15-8-7-11-5-3-4-6-12(11)13/h3-6,10H,7-9,13H2,1-2H3. The van der Waals surface area contributed by atoms with E-state index in [2.05, 4.69) is 0 Å². The Labute approximate surface area is 91.2 Å². The second-order valence-corrected chi connectivity index (χ2v) is 3.57. The number of hydrogen-bond acceptors (Lipinski definition) is 3. The monoisotopic (exact) mass is 209 g/mol. The summed E-state index contributed by atoms with van der Waals surface area (Å²) in [7, 11) is 1.68. The van der Waals surface area contributed by atoms with Gasteiger partial charge in [0.05, 0.1) is 19.3 Å². The van der Waals surface area contributed by atoms with Crippen LogP contribution in [0.5, 0.6) is 0 Å². The lowest BCUT2D eigenvalue weighted by Gasteiger charge is -2.10. The van der Waals surface area contributed by atoms with E-state index in [0.29, 0.717) is 13.2 Å². The van der Waals surface area contributed by atoms with Crippen molar-refractivity contribution in [2.75, 3.05) is 26.1 Å². The van der Waals surface area contributed by atoms with Gasteiger partial charge in [-0.15, -0.1) is 0 Å². The van der Waals surface area contributed by atoms with Crippen molar-refractivity contribution in [3.05, 3.63) is 29.8 Å². The molecule has 15 heavy (non-hydrogen) atoms. The Hall–Kier alpha value is -1.06. The highest BCUT2D eigenvalue weighted by Crippen LogP contribution is 2.10. The van der Waals surface area contributed by atoms with Crippen LogP contribution in [0.4, 0.5) is 5.69 Å². The zero-order valence-corrected chi connectivity index (χ0v) is 9.40. The van der Waals surface area contributed by atoms with Crippen molar-refractivity contribution in [3.8, 4) is 0 Å². The molecule has 0 saturated heterocycles. The molecule has 0 fully saturated rings. The molecular formula is C12H19NO2. The number of methoxy groups -OCH3 is 1. The Balaban J connectivity index is 2.23. The minimum atomic E-state index is 0.151. The molecule has 2 N–H and O–H groups in total.